The number of aromatic amines is 1. The summed E-state index contributed by atoms with van der Waals surface area (Å²) >= 11 is 2.97. The Morgan fingerprint density at radius 3 is 3.00 bits per heavy atom. The van der Waals surface area contributed by atoms with Gasteiger partial charge in [-0.15, -0.1) is 0 Å². The highest BCUT2D eigenvalue weighted by atomic mass is 79.9. The quantitative estimate of drug-likeness (QED) is 0.755. The molecule has 1 heterocycles. The molecule has 2 rings (SSSR count). The summed E-state index contributed by atoms with van der Waals surface area (Å²) in [6, 6.07) is 2.69. The van der Waals surface area contributed by atoms with Crippen LogP contribution in [-0.2, 0) is 0 Å². The maximum absolute atomic E-state index is 12.8. The van der Waals surface area contributed by atoms with Crippen molar-refractivity contribution in [2.24, 2.45) is 0 Å². The van der Waals surface area contributed by atoms with Gasteiger partial charge >= 0.3 is 5.76 Å². The van der Waals surface area contributed by atoms with E-state index in [0.717, 1.165) is 0 Å². The van der Waals surface area contributed by atoms with Crippen molar-refractivity contribution in [1.29, 1.82) is 0 Å². The smallest absolute Gasteiger partial charge is 0.407 e. The van der Waals surface area contributed by atoms with E-state index in [-0.39, 0.29) is 10.1 Å². The van der Waals surface area contributed by atoms with Gasteiger partial charge in [0.05, 0.1) is 9.99 Å². The lowest BCUT2D eigenvalue weighted by Crippen LogP contribution is -1.92. The van der Waals surface area contributed by atoms with Gasteiger partial charge in [-0.1, -0.05) is 0 Å². The molecule has 0 bridgehead atoms. The Balaban J connectivity index is 2.99. The maximum atomic E-state index is 12.8. The van der Waals surface area contributed by atoms with Crippen molar-refractivity contribution in [2.45, 2.75) is 0 Å². The Morgan fingerprint density at radius 2 is 2.25 bits per heavy atom. The maximum Gasteiger partial charge on any atom is 0.417 e. The predicted octanol–water partition coefficient (Wildman–Crippen LogP) is 2.02. The third kappa shape index (κ3) is 0.972. The zero-order chi connectivity index (χ0) is 8.72. The standard InChI is InChI=1S/C7H3BrFNO2/c8-5-3(9)1-2-4-6(5)12-7(11)10-4/h1-2H,(H,10,11). The van der Waals surface area contributed by atoms with E-state index in [2.05, 4.69) is 25.3 Å². The third-order valence-electron chi connectivity index (χ3n) is 1.48. The van der Waals surface area contributed by atoms with Crippen LogP contribution in [0, 0.1) is 5.82 Å². The third-order valence-corrected chi connectivity index (χ3v) is 2.22. The SMILES string of the molecule is O=c1[nH]c2ccc(F)c(Br)c2o1. The van der Waals surface area contributed by atoms with E-state index >= 15 is 0 Å². The minimum absolute atomic E-state index is 0.165. The first-order chi connectivity index (χ1) is 5.68. The first-order valence-electron chi connectivity index (χ1n) is 3.15. The van der Waals surface area contributed by atoms with E-state index in [4.69, 9.17) is 0 Å². The van der Waals surface area contributed by atoms with Crippen LogP contribution in [0.3, 0.4) is 0 Å². The summed E-state index contributed by atoms with van der Waals surface area (Å²) in [6.07, 6.45) is 0. The number of fused-ring (bicyclic) bond motifs is 1. The lowest BCUT2D eigenvalue weighted by Gasteiger charge is -1.91. The molecule has 0 fully saturated rings. The molecular formula is C7H3BrFNO2. The summed E-state index contributed by atoms with van der Waals surface area (Å²) in [4.78, 5) is 13.1. The molecule has 0 saturated heterocycles. The second-order valence-corrected chi connectivity index (χ2v) is 3.05. The van der Waals surface area contributed by atoms with Gasteiger partial charge in [-0.25, -0.2) is 9.18 Å². The molecular weight excluding hydrogens is 229 g/mol. The molecule has 0 aliphatic carbocycles. The van der Waals surface area contributed by atoms with Crippen molar-refractivity contribution in [3.05, 3.63) is 33.0 Å². The van der Waals surface area contributed by atoms with Crippen molar-refractivity contribution in [1.82, 2.24) is 4.98 Å². The number of hydrogen-bond donors (Lipinski definition) is 1. The van der Waals surface area contributed by atoms with Crippen LogP contribution in [0.4, 0.5) is 4.39 Å². The van der Waals surface area contributed by atoms with Crippen molar-refractivity contribution >= 4 is 27.0 Å². The van der Waals surface area contributed by atoms with Gasteiger partial charge in [-0.2, -0.15) is 0 Å². The summed E-state index contributed by atoms with van der Waals surface area (Å²) < 4.78 is 17.7. The van der Waals surface area contributed by atoms with Gasteiger partial charge in [0, 0.05) is 0 Å². The highest BCUT2D eigenvalue weighted by Crippen LogP contribution is 2.24. The lowest BCUT2D eigenvalue weighted by atomic mass is 10.3. The number of oxazole rings is 1. The minimum Gasteiger partial charge on any atom is -0.407 e. The highest BCUT2D eigenvalue weighted by Gasteiger charge is 2.08. The van der Waals surface area contributed by atoms with Crippen molar-refractivity contribution in [3.8, 4) is 0 Å². The average molecular weight is 232 g/mol. The molecule has 62 valence electrons. The Hall–Kier alpha value is -1.10. The van der Waals surface area contributed by atoms with E-state index in [1.807, 2.05) is 0 Å². The fourth-order valence-electron chi connectivity index (χ4n) is 0.958. The van der Waals surface area contributed by atoms with Crippen molar-refractivity contribution in [3.63, 3.8) is 0 Å². The van der Waals surface area contributed by atoms with Gasteiger partial charge in [0.25, 0.3) is 0 Å². The first-order valence-corrected chi connectivity index (χ1v) is 3.94. The number of rotatable bonds is 0. The summed E-state index contributed by atoms with van der Waals surface area (Å²) in [5, 5.41) is 0. The van der Waals surface area contributed by atoms with Crippen LogP contribution in [0.15, 0.2) is 25.8 Å². The number of H-pyrrole nitrogens is 1. The fraction of sp³-hybridized carbons (Fsp3) is 0. The van der Waals surface area contributed by atoms with E-state index in [0.29, 0.717) is 5.52 Å². The molecule has 0 aliphatic rings. The molecule has 1 N–H and O–H groups in total. The second-order valence-electron chi connectivity index (χ2n) is 2.25. The molecule has 0 unspecified atom stereocenters. The van der Waals surface area contributed by atoms with Crippen LogP contribution in [0.1, 0.15) is 0 Å². The average Bonchev–Trinajstić information content (AvgIpc) is 2.39. The number of halogens is 2. The van der Waals surface area contributed by atoms with E-state index in [1.54, 1.807) is 0 Å². The number of benzene rings is 1. The van der Waals surface area contributed by atoms with Crippen LogP contribution in [0.2, 0.25) is 0 Å². The van der Waals surface area contributed by atoms with E-state index < -0.39 is 11.6 Å². The Labute approximate surface area is 74.3 Å². The molecule has 12 heavy (non-hydrogen) atoms. The highest BCUT2D eigenvalue weighted by molar-refractivity contribution is 9.10. The zero-order valence-corrected chi connectivity index (χ0v) is 7.31. The zero-order valence-electron chi connectivity index (χ0n) is 5.73. The predicted molar refractivity (Wildman–Crippen MR) is 44.5 cm³/mol. The van der Waals surface area contributed by atoms with Crippen LogP contribution in [0.25, 0.3) is 11.1 Å². The van der Waals surface area contributed by atoms with Gasteiger partial charge < -0.3 is 4.42 Å². The summed E-state index contributed by atoms with van der Waals surface area (Å²) in [6.45, 7) is 0. The summed E-state index contributed by atoms with van der Waals surface area (Å²) in [7, 11) is 0. The number of hydrogen-bond acceptors (Lipinski definition) is 2. The monoisotopic (exact) mass is 231 g/mol. The molecule has 1 aromatic heterocycles. The Kier molecular flexibility index (Phi) is 1.54. The van der Waals surface area contributed by atoms with Crippen LogP contribution < -0.4 is 5.76 Å². The number of aromatic nitrogens is 1. The van der Waals surface area contributed by atoms with Crippen LogP contribution in [-0.4, -0.2) is 4.98 Å². The largest absolute Gasteiger partial charge is 0.417 e. The lowest BCUT2D eigenvalue weighted by molar-refractivity contribution is 0.547. The van der Waals surface area contributed by atoms with Gasteiger partial charge in [0.1, 0.15) is 5.82 Å². The molecule has 2 aromatic rings. The van der Waals surface area contributed by atoms with E-state index in [9.17, 15) is 9.18 Å². The topological polar surface area (TPSA) is 46.0 Å². The van der Waals surface area contributed by atoms with Crippen molar-refractivity contribution in [2.75, 3.05) is 0 Å². The Bertz CT molecular complexity index is 488. The molecule has 0 amide bonds. The molecule has 0 aliphatic heterocycles. The van der Waals surface area contributed by atoms with E-state index in [1.165, 1.54) is 12.1 Å². The molecule has 1 aromatic carbocycles. The normalized spacial score (nSPS) is 10.8. The molecule has 5 heteroatoms. The molecule has 0 spiro atoms. The second kappa shape index (κ2) is 2.45. The van der Waals surface area contributed by atoms with Gasteiger partial charge in [-0.3, -0.25) is 4.98 Å². The van der Waals surface area contributed by atoms with Crippen LogP contribution in [0.5, 0.6) is 0 Å². The van der Waals surface area contributed by atoms with Gasteiger partial charge in [0.2, 0.25) is 0 Å². The molecule has 0 saturated carbocycles. The Morgan fingerprint density at radius 1 is 1.50 bits per heavy atom. The summed E-state index contributed by atoms with van der Waals surface area (Å²) in [5.41, 5.74) is 0.688. The van der Waals surface area contributed by atoms with Gasteiger partial charge in [-0.05, 0) is 28.1 Å². The van der Waals surface area contributed by atoms with Crippen LogP contribution >= 0.6 is 15.9 Å². The molecule has 3 nitrogen and oxygen atoms in total. The minimum atomic E-state index is -0.587. The molecule has 0 atom stereocenters. The van der Waals surface area contributed by atoms with Crippen molar-refractivity contribution < 1.29 is 8.81 Å². The summed E-state index contributed by atoms with van der Waals surface area (Å²) in [5.74, 6) is -1.04. The fourth-order valence-corrected chi connectivity index (χ4v) is 1.39. The molecule has 0 radical (unpaired) electrons. The first kappa shape index (κ1) is 7.54. The number of nitrogens with one attached hydrogen (secondary N) is 1. The van der Waals surface area contributed by atoms with Gasteiger partial charge in [0.15, 0.2) is 5.58 Å².